The van der Waals surface area contributed by atoms with E-state index in [0.717, 1.165) is 61.2 Å². The van der Waals surface area contributed by atoms with Crippen molar-refractivity contribution in [2.45, 2.75) is 26.4 Å². The Morgan fingerprint density at radius 3 is 2.50 bits per heavy atom. The molecule has 4 rings (SSSR count). The fourth-order valence-electron chi connectivity index (χ4n) is 4.02. The molecule has 0 atom stereocenters. The first kappa shape index (κ1) is 18.7. The first-order valence-corrected chi connectivity index (χ1v) is 9.78. The summed E-state index contributed by atoms with van der Waals surface area (Å²) in [5.74, 6) is -0.891. The topological polar surface area (TPSA) is 72.5 Å². The number of aromatic amines is 1. The number of nitrogens with one attached hydrogen (secondary N) is 1. The van der Waals surface area contributed by atoms with Crippen LogP contribution in [0.15, 0.2) is 42.7 Å². The second-order valence-corrected chi connectivity index (χ2v) is 7.59. The lowest BCUT2D eigenvalue weighted by Crippen LogP contribution is -2.30. The maximum atomic E-state index is 11.8. The molecule has 0 spiro atoms. The number of carboxylic acid groups (broad SMARTS) is 1. The standard InChI is InChI=1S/C22H26N4O2/c1-16-3-4-20-18(13-16)19(21(24-20)22(27)28)15-26-10-2-9-25(11-12-26)14-17-5-7-23-8-6-17/h3-8,13,24H,2,9-12,14-15H2,1H3,(H,27,28). The highest BCUT2D eigenvalue weighted by Crippen LogP contribution is 2.26. The number of H-pyrrole nitrogens is 1. The molecule has 1 aliphatic rings. The number of pyridine rings is 1. The summed E-state index contributed by atoms with van der Waals surface area (Å²) >= 11 is 0. The zero-order chi connectivity index (χ0) is 19.5. The second kappa shape index (κ2) is 8.12. The van der Waals surface area contributed by atoms with Crippen LogP contribution >= 0.6 is 0 Å². The summed E-state index contributed by atoms with van der Waals surface area (Å²) in [5, 5.41) is 10.7. The van der Waals surface area contributed by atoms with E-state index in [9.17, 15) is 9.90 Å². The van der Waals surface area contributed by atoms with Gasteiger partial charge < -0.3 is 10.1 Å². The highest BCUT2D eigenvalue weighted by molar-refractivity contribution is 5.97. The molecule has 1 fully saturated rings. The molecule has 0 bridgehead atoms. The Balaban J connectivity index is 1.49. The quantitative estimate of drug-likeness (QED) is 0.713. The molecule has 2 aromatic heterocycles. The third-order valence-electron chi connectivity index (χ3n) is 5.49. The Labute approximate surface area is 164 Å². The van der Waals surface area contributed by atoms with Crippen LogP contribution in [0.4, 0.5) is 0 Å². The van der Waals surface area contributed by atoms with Crippen LogP contribution in [0.1, 0.15) is 33.6 Å². The van der Waals surface area contributed by atoms with Gasteiger partial charge in [-0.3, -0.25) is 14.8 Å². The molecule has 146 valence electrons. The van der Waals surface area contributed by atoms with Gasteiger partial charge in [0, 0.05) is 55.0 Å². The number of hydrogen-bond donors (Lipinski definition) is 2. The Hall–Kier alpha value is -2.70. The molecule has 28 heavy (non-hydrogen) atoms. The Kier molecular flexibility index (Phi) is 5.41. The van der Waals surface area contributed by atoms with Crippen molar-refractivity contribution in [3.63, 3.8) is 0 Å². The molecule has 2 N–H and O–H groups in total. The van der Waals surface area contributed by atoms with E-state index in [1.165, 1.54) is 5.56 Å². The van der Waals surface area contributed by atoms with E-state index in [1.807, 2.05) is 31.5 Å². The van der Waals surface area contributed by atoms with Gasteiger partial charge in [-0.25, -0.2) is 4.79 Å². The maximum absolute atomic E-state index is 11.8. The Morgan fingerprint density at radius 1 is 1.07 bits per heavy atom. The molecule has 0 unspecified atom stereocenters. The number of benzene rings is 1. The molecular weight excluding hydrogens is 352 g/mol. The SMILES string of the molecule is Cc1ccc2[nH]c(C(=O)O)c(CN3CCCN(Cc4ccncc4)CC3)c2c1. The number of carbonyl (C=O) groups is 1. The average molecular weight is 378 g/mol. The normalized spacial score (nSPS) is 16.3. The van der Waals surface area contributed by atoms with E-state index in [4.69, 9.17) is 0 Å². The van der Waals surface area contributed by atoms with Crippen LogP contribution in [-0.2, 0) is 13.1 Å². The first-order valence-electron chi connectivity index (χ1n) is 9.78. The lowest BCUT2D eigenvalue weighted by Gasteiger charge is -2.22. The largest absolute Gasteiger partial charge is 0.477 e. The first-order chi connectivity index (χ1) is 13.6. The van der Waals surface area contributed by atoms with E-state index in [2.05, 4.69) is 38.0 Å². The van der Waals surface area contributed by atoms with Crippen LogP contribution in [0.5, 0.6) is 0 Å². The van der Waals surface area contributed by atoms with Crippen LogP contribution in [0.2, 0.25) is 0 Å². The monoisotopic (exact) mass is 378 g/mol. The van der Waals surface area contributed by atoms with E-state index in [0.29, 0.717) is 12.2 Å². The van der Waals surface area contributed by atoms with Gasteiger partial charge in [-0.1, -0.05) is 11.6 Å². The minimum absolute atomic E-state index is 0.318. The maximum Gasteiger partial charge on any atom is 0.352 e. The molecule has 6 heteroatoms. The van der Waals surface area contributed by atoms with E-state index < -0.39 is 5.97 Å². The van der Waals surface area contributed by atoms with E-state index in [-0.39, 0.29) is 0 Å². The van der Waals surface area contributed by atoms with E-state index in [1.54, 1.807) is 0 Å². The van der Waals surface area contributed by atoms with Gasteiger partial charge >= 0.3 is 5.97 Å². The van der Waals surface area contributed by atoms with Crippen molar-refractivity contribution in [3.05, 3.63) is 65.1 Å². The van der Waals surface area contributed by atoms with Crippen molar-refractivity contribution >= 4 is 16.9 Å². The summed E-state index contributed by atoms with van der Waals surface area (Å²) in [6, 6.07) is 10.2. The number of aromatic carboxylic acids is 1. The van der Waals surface area contributed by atoms with Crippen LogP contribution in [-0.4, -0.2) is 57.0 Å². The Bertz CT molecular complexity index is 967. The van der Waals surface area contributed by atoms with Gasteiger partial charge in [0.25, 0.3) is 0 Å². The third kappa shape index (κ3) is 4.08. The molecular formula is C22H26N4O2. The number of aromatic nitrogens is 2. The number of aryl methyl sites for hydroxylation is 1. The lowest BCUT2D eigenvalue weighted by atomic mass is 10.1. The summed E-state index contributed by atoms with van der Waals surface area (Å²) in [6.07, 6.45) is 4.76. The Morgan fingerprint density at radius 2 is 1.79 bits per heavy atom. The molecule has 1 aliphatic heterocycles. The van der Waals surface area contributed by atoms with E-state index >= 15 is 0 Å². The molecule has 0 saturated carbocycles. The number of nitrogens with zero attached hydrogens (tertiary/aromatic N) is 3. The van der Waals surface area contributed by atoms with Crippen LogP contribution in [0, 0.1) is 6.92 Å². The predicted octanol–water partition coefficient (Wildman–Crippen LogP) is 3.28. The van der Waals surface area contributed by atoms with Crippen molar-refractivity contribution in [1.29, 1.82) is 0 Å². The summed E-state index contributed by atoms with van der Waals surface area (Å²) in [7, 11) is 0. The smallest absolute Gasteiger partial charge is 0.352 e. The number of carboxylic acids is 1. The third-order valence-corrected chi connectivity index (χ3v) is 5.49. The van der Waals surface area contributed by atoms with Gasteiger partial charge in [0.05, 0.1) is 0 Å². The van der Waals surface area contributed by atoms with Crippen molar-refractivity contribution < 1.29 is 9.90 Å². The minimum Gasteiger partial charge on any atom is -0.477 e. The lowest BCUT2D eigenvalue weighted by molar-refractivity contribution is 0.0689. The van der Waals surface area contributed by atoms with Gasteiger partial charge in [0.1, 0.15) is 5.69 Å². The van der Waals surface area contributed by atoms with Crippen LogP contribution in [0.3, 0.4) is 0 Å². The van der Waals surface area contributed by atoms with Crippen molar-refractivity contribution in [1.82, 2.24) is 19.8 Å². The molecule has 0 radical (unpaired) electrons. The molecule has 0 amide bonds. The van der Waals surface area contributed by atoms with Crippen molar-refractivity contribution in [2.24, 2.45) is 0 Å². The molecule has 3 heterocycles. The molecule has 3 aromatic rings. The fraction of sp³-hybridized carbons (Fsp3) is 0.364. The zero-order valence-electron chi connectivity index (χ0n) is 16.2. The fourth-order valence-corrected chi connectivity index (χ4v) is 4.02. The van der Waals surface area contributed by atoms with Gasteiger partial charge in [-0.05, 0) is 56.3 Å². The number of hydrogen-bond acceptors (Lipinski definition) is 4. The summed E-state index contributed by atoms with van der Waals surface area (Å²) in [6.45, 7) is 7.58. The molecule has 1 aromatic carbocycles. The average Bonchev–Trinajstić information content (AvgIpc) is 2.88. The number of rotatable bonds is 5. The highest BCUT2D eigenvalue weighted by atomic mass is 16.4. The zero-order valence-corrected chi connectivity index (χ0v) is 16.2. The van der Waals surface area contributed by atoms with Gasteiger partial charge in [-0.2, -0.15) is 0 Å². The highest BCUT2D eigenvalue weighted by Gasteiger charge is 2.21. The predicted molar refractivity (Wildman–Crippen MR) is 109 cm³/mol. The van der Waals surface area contributed by atoms with Gasteiger partial charge in [0.2, 0.25) is 0 Å². The molecule has 1 saturated heterocycles. The van der Waals surface area contributed by atoms with Crippen LogP contribution < -0.4 is 0 Å². The summed E-state index contributed by atoms with van der Waals surface area (Å²) in [5.41, 5.74) is 4.53. The summed E-state index contributed by atoms with van der Waals surface area (Å²) < 4.78 is 0. The molecule has 6 nitrogen and oxygen atoms in total. The number of fused-ring (bicyclic) bond motifs is 1. The van der Waals surface area contributed by atoms with Crippen molar-refractivity contribution in [2.75, 3.05) is 26.2 Å². The van der Waals surface area contributed by atoms with Gasteiger partial charge in [0.15, 0.2) is 0 Å². The second-order valence-electron chi connectivity index (χ2n) is 7.59. The van der Waals surface area contributed by atoms with Gasteiger partial charge in [-0.15, -0.1) is 0 Å². The minimum atomic E-state index is -0.891. The van der Waals surface area contributed by atoms with Crippen molar-refractivity contribution in [3.8, 4) is 0 Å². The summed E-state index contributed by atoms with van der Waals surface area (Å²) in [4.78, 5) is 23.8. The molecule has 0 aliphatic carbocycles. The van der Waals surface area contributed by atoms with Crippen LogP contribution in [0.25, 0.3) is 10.9 Å².